The summed E-state index contributed by atoms with van der Waals surface area (Å²) in [6, 6.07) is 17.0. The summed E-state index contributed by atoms with van der Waals surface area (Å²) in [5, 5.41) is 8.88. The van der Waals surface area contributed by atoms with Gasteiger partial charge in [-0.05, 0) is 43.2 Å². The molecule has 0 unspecified atom stereocenters. The van der Waals surface area contributed by atoms with Crippen LogP contribution < -0.4 is 9.64 Å². The molecule has 2 aromatic rings. The van der Waals surface area contributed by atoms with Gasteiger partial charge in [0.15, 0.2) is 6.61 Å². The Balaban J connectivity index is 1.71. The molecule has 1 aliphatic rings. The summed E-state index contributed by atoms with van der Waals surface area (Å²) >= 11 is 0. The molecule has 4 heteroatoms. The van der Waals surface area contributed by atoms with Gasteiger partial charge in [0.05, 0.1) is 11.6 Å². The van der Waals surface area contributed by atoms with E-state index in [9.17, 15) is 4.79 Å². The zero-order chi connectivity index (χ0) is 15.5. The molecule has 0 saturated carbocycles. The number of rotatable bonds is 3. The van der Waals surface area contributed by atoms with Crippen LogP contribution in [0.25, 0.3) is 0 Å². The van der Waals surface area contributed by atoms with Crippen molar-refractivity contribution in [3.63, 3.8) is 0 Å². The first-order chi connectivity index (χ1) is 10.7. The second kappa shape index (κ2) is 5.90. The van der Waals surface area contributed by atoms with Gasteiger partial charge < -0.3 is 9.64 Å². The van der Waals surface area contributed by atoms with Crippen molar-refractivity contribution < 1.29 is 9.53 Å². The second-order valence-electron chi connectivity index (χ2n) is 5.37. The van der Waals surface area contributed by atoms with Gasteiger partial charge in [-0.3, -0.25) is 4.79 Å². The molecule has 3 rings (SSSR count). The predicted octanol–water partition coefficient (Wildman–Crippen LogP) is 2.91. The van der Waals surface area contributed by atoms with Crippen LogP contribution in [0.4, 0.5) is 5.69 Å². The fourth-order valence-corrected chi connectivity index (χ4v) is 2.82. The summed E-state index contributed by atoms with van der Waals surface area (Å²) < 4.78 is 5.54. The van der Waals surface area contributed by atoms with E-state index >= 15 is 0 Å². The van der Waals surface area contributed by atoms with Crippen molar-refractivity contribution in [2.24, 2.45) is 0 Å². The Morgan fingerprint density at radius 3 is 2.95 bits per heavy atom. The predicted molar refractivity (Wildman–Crippen MR) is 83.7 cm³/mol. The molecule has 0 bridgehead atoms. The molecule has 110 valence electrons. The maximum Gasteiger partial charge on any atom is 0.265 e. The number of amides is 1. The number of ether oxygens (including phenoxy) is 1. The van der Waals surface area contributed by atoms with E-state index in [0.29, 0.717) is 11.3 Å². The Morgan fingerprint density at radius 2 is 2.14 bits per heavy atom. The highest BCUT2D eigenvalue weighted by Gasteiger charge is 2.30. The standard InChI is InChI=1S/C18H16N2O2/c1-13-9-15-6-2-3-8-17(15)20(13)18(21)12-22-16-7-4-5-14(10-16)11-19/h2-8,10,13H,9,12H2,1H3/t13-/m0/s1. The number of fused-ring (bicyclic) bond motifs is 1. The molecule has 1 amide bonds. The maximum absolute atomic E-state index is 12.5. The van der Waals surface area contributed by atoms with E-state index in [1.54, 1.807) is 29.2 Å². The molecule has 2 aromatic carbocycles. The zero-order valence-corrected chi connectivity index (χ0v) is 12.3. The number of nitrogens with zero attached hydrogens (tertiary/aromatic N) is 2. The summed E-state index contributed by atoms with van der Waals surface area (Å²) in [5.74, 6) is 0.465. The lowest BCUT2D eigenvalue weighted by Crippen LogP contribution is -2.39. The van der Waals surface area contributed by atoms with Crippen molar-refractivity contribution in [2.75, 3.05) is 11.5 Å². The minimum absolute atomic E-state index is 0.0342. The van der Waals surface area contributed by atoms with E-state index in [4.69, 9.17) is 10.00 Å². The van der Waals surface area contributed by atoms with Gasteiger partial charge >= 0.3 is 0 Å². The Morgan fingerprint density at radius 1 is 1.32 bits per heavy atom. The lowest BCUT2D eigenvalue weighted by atomic mass is 10.1. The third-order valence-corrected chi connectivity index (χ3v) is 3.80. The number of benzene rings is 2. The van der Waals surface area contributed by atoms with Crippen LogP contribution in [0.3, 0.4) is 0 Å². The molecule has 4 nitrogen and oxygen atoms in total. The molecule has 1 aliphatic heterocycles. The van der Waals surface area contributed by atoms with E-state index in [2.05, 4.69) is 12.1 Å². The summed E-state index contributed by atoms with van der Waals surface area (Å²) in [7, 11) is 0. The second-order valence-corrected chi connectivity index (χ2v) is 5.37. The van der Waals surface area contributed by atoms with Crippen molar-refractivity contribution in [1.82, 2.24) is 0 Å². The van der Waals surface area contributed by atoms with Crippen LogP contribution in [0, 0.1) is 11.3 Å². The molecule has 0 spiro atoms. The normalized spacial score (nSPS) is 16.0. The molecule has 0 radical (unpaired) electrons. The van der Waals surface area contributed by atoms with Crippen molar-refractivity contribution in [1.29, 1.82) is 5.26 Å². The minimum atomic E-state index is -0.0696. The number of carbonyl (C=O) groups is 1. The lowest BCUT2D eigenvalue weighted by Gasteiger charge is -2.22. The van der Waals surface area contributed by atoms with Crippen LogP contribution in [-0.4, -0.2) is 18.6 Å². The van der Waals surface area contributed by atoms with Gasteiger partial charge in [-0.1, -0.05) is 24.3 Å². The molecule has 1 atom stereocenters. The third-order valence-electron chi connectivity index (χ3n) is 3.80. The molecule has 0 aromatic heterocycles. The van der Waals surface area contributed by atoms with Crippen LogP contribution in [-0.2, 0) is 11.2 Å². The Labute approximate surface area is 129 Å². The van der Waals surface area contributed by atoms with Crippen LogP contribution in [0.5, 0.6) is 5.75 Å². The van der Waals surface area contributed by atoms with Gasteiger partial charge in [0.25, 0.3) is 5.91 Å². The highest BCUT2D eigenvalue weighted by molar-refractivity contribution is 5.97. The molecule has 0 fully saturated rings. The smallest absolute Gasteiger partial charge is 0.265 e. The highest BCUT2D eigenvalue weighted by atomic mass is 16.5. The molecule has 0 aliphatic carbocycles. The first-order valence-electron chi connectivity index (χ1n) is 7.22. The molecular formula is C18H16N2O2. The third kappa shape index (κ3) is 2.66. The largest absolute Gasteiger partial charge is 0.484 e. The molecular weight excluding hydrogens is 276 g/mol. The number of hydrogen-bond donors (Lipinski definition) is 0. The number of carbonyl (C=O) groups excluding carboxylic acids is 1. The van der Waals surface area contributed by atoms with Gasteiger partial charge in [0.2, 0.25) is 0 Å². The Kier molecular flexibility index (Phi) is 3.80. The van der Waals surface area contributed by atoms with E-state index < -0.39 is 0 Å². The van der Waals surface area contributed by atoms with Gasteiger partial charge in [-0.25, -0.2) is 0 Å². The zero-order valence-electron chi connectivity index (χ0n) is 12.3. The van der Waals surface area contributed by atoms with Crippen molar-refractivity contribution >= 4 is 11.6 Å². The van der Waals surface area contributed by atoms with E-state index in [1.165, 1.54) is 5.56 Å². The summed E-state index contributed by atoms with van der Waals surface area (Å²) in [6.45, 7) is 2.00. The van der Waals surface area contributed by atoms with Crippen molar-refractivity contribution in [3.8, 4) is 11.8 Å². The quantitative estimate of drug-likeness (QED) is 0.874. The van der Waals surface area contributed by atoms with Gasteiger partial charge in [0, 0.05) is 11.7 Å². The van der Waals surface area contributed by atoms with Crippen LogP contribution in [0.2, 0.25) is 0 Å². The fourth-order valence-electron chi connectivity index (χ4n) is 2.82. The topological polar surface area (TPSA) is 53.3 Å². The number of nitriles is 1. The van der Waals surface area contributed by atoms with E-state index in [-0.39, 0.29) is 18.6 Å². The number of hydrogen-bond acceptors (Lipinski definition) is 3. The van der Waals surface area contributed by atoms with Crippen LogP contribution in [0.1, 0.15) is 18.1 Å². The molecule has 0 saturated heterocycles. The van der Waals surface area contributed by atoms with Crippen molar-refractivity contribution in [2.45, 2.75) is 19.4 Å². The Hall–Kier alpha value is -2.80. The van der Waals surface area contributed by atoms with Gasteiger partial charge in [0.1, 0.15) is 5.75 Å². The maximum atomic E-state index is 12.5. The summed E-state index contributed by atoms with van der Waals surface area (Å²) in [5.41, 5.74) is 2.68. The molecule has 22 heavy (non-hydrogen) atoms. The SMILES string of the molecule is C[C@H]1Cc2ccccc2N1C(=O)COc1cccc(C#N)c1. The average Bonchev–Trinajstić information content (AvgIpc) is 2.88. The molecule has 1 heterocycles. The highest BCUT2D eigenvalue weighted by Crippen LogP contribution is 2.31. The van der Waals surface area contributed by atoms with E-state index in [0.717, 1.165) is 12.1 Å². The first-order valence-corrected chi connectivity index (χ1v) is 7.22. The minimum Gasteiger partial charge on any atom is -0.484 e. The monoisotopic (exact) mass is 292 g/mol. The fraction of sp³-hybridized carbons (Fsp3) is 0.222. The Bertz CT molecular complexity index is 749. The van der Waals surface area contributed by atoms with E-state index in [1.807, 2.05) is 25.1 Å². The lowest BCUT2D eigenvalue weighted by molar-refractivity contribution is -0.120. The van der Waals surface area contributed by atoms with Gasteiger partial charge in [-0.2, -0.15) is 5.26 Å². The van der Waals surface area contributed by atoms with Crippen LogP contribution >= 0.6 is 0 Å². The summed E-state index contributed by atoms with van der Waals surface area (Å²) in [4.78, 5) is 14.3. The number of para-hydroxylation sites is 1. The summed E-state index contributed by atoms with van der Waals surface area (Å²) in [6.07, 6.45) is 0.867. The first kappa shape index (κ1) is 14.2. The van der Waals surface area contributed by atoms with Crippen LogP contribution in [0.15, 0.2) is 48.5 Å². The number of anilines is 1. The van der Waals surface area contributed by atoms with Crippen molar-refractivity contribution in [3.05, 3.63) is 59.7 Å². The average molecular weight is 292 g/mol. The van der Waals surface area contributed by atoms with Gasteiger partial charge in [-0.15, -0.1) is 0 Å². The molecule has 0 N–H and O–H groups in total.